The van der Waals surface area contributed by atoms with Gasteiger partial charge in [0.1, 0.15) is 5.82 Å². The fourth-order valence-corrected chi connectivity index (χ4v) is 2.38. The average Bonchev–Trinajstić information content (AvgIpc) is 2.94. The number of carboxylic acid groups (broad SMARTS) is 1. The lowest BCUT2D eigenvalue weighted by atomic mass is 10.2. The summed E-state index contributed by atoms with van der Waals surface area (Å²) in [5, 5.41) is 13.7. The number of carbonyl (C=O) groups is 1. The Balaban J connectivity index is 2.18. The van der Waals surface area contributed by atoms with Gasteiger partial charge in [0.25, 0.3) is 0 Å². The van der Waals surface area contributed by atoms with E-state index in [0.29, 0.717) is 17.6 Å². The molecule has 0 radical (unpaired) electrons. The molecule has 102 valence electrons. The van der Waals surface area contributed by atoms with Crippen LogP contribution in [0.5, 0.6) is 0 Å². The molecule has 3 aromatic rings. The van der Waals surface area contributed by atoms with Crippen LogP contribution in [0.2, 0.25) is 0 Å². The zero-order valence-electron chi connectivity index (χ0n) is 11.2. The van der Waals surface area contributed by atoms with Gasteiger partial charge in [-0.15, -0.1) is 0 Å². The third-order valence-corrected chi connectivity index (χ3v) is 3.28. The molecule has 0 amide bonds. The minimum absolute atomic E-state index is 0.263. The van der Waals surface area contributed by atoms with Crippen molar-refractivity contribution >= 4 is 17.0 Å². The molecular formula is C14H14N4O2. The minimum atomic E-state index is -0.947. The highest BCUT2D eigenvalue weighted by atomic mass is 16.4. The highest BCUT2D eigenvalue weighted by Crippen LogP contribution is 2.21. The second-order valence-corrected chi connectivity index (χ2v) is 4.70. The molecule has 0 unspecified atom stereocenters. The second kappa shape index (κ2) is 4.48. The van der Waals surface area contributed by atoms with Gasteiger partial charge >= 0.3 is 5.97 Å². The first kappa shape index (κ1) is 12.4. The highest BCUT2D eigenvalue weighted by molar-refractivity contribution is 6.01. The monoisotopic (exact) mass is 270 g/mol. The number of hydrogen-bond donors (Lipinski definition) is 1. The van der Waals surface area contributed by atoms with Gasteiger partial charge in [0, 0.05) is 13.2 Å². The van der Waals surface area contributed by atoms with Crippen molar-refractivity contribution in [3.63, 3.8) is 0 Å². The predicted molar refractivity (Wildman–Crippen MR) is 73.7 cm³/mol. The number of benzene rings is 1. The van der Waals surface area contributed by atoms with Crippen LogP contribution in [0.15, 0.2) is 30.5 Å². The highest BCUT2D eigenvalue weighted by Gasteiger charge is 2.16. The van der Waals surface area contributed by atoms with Crippen molar-refractivity contribution in [1.82, 2.24) is 19.3 Å². The number of aromatic nitrogens is 4. The maximum absolute atomic E-state index is 11.4. The van der Waals surface area contributed by atoms with Gasteiger partial charge in [-0.3, -0.25) is 4.68 Å². The van der Waals surface area contributed by atoms with Crippen molar-refractivity contribution in [3.8, 4) is 0 Å². The average molecular weight is 270 g/mol. The van der Waals surface area contributed by atoms with E-state index >= 15 is 0 Å². The van der Waals surface area contributed by atoms with Crippen molar-refractivity contribution in [2.24, 2.45) is 7.05 Å². The number of para-hydroxylation sites is 1. The third-order valence-electron chi connectivity index (χ3n) is 3.28. The van der Waals surface area contributed by atoms with Crippen LogP contribution in [-0.2, 0) is 13.6 Å². The third kappa shape index (κ3) is 1.95. The number of hydrogen-bond acceptors (Lipinski definition) is 3. The van der Waals surface area contributed by atoms with Crippen molar-refractivity contribution in [3.05, 3.63) is 47.5 Å². The quantitative estimate of drug-likeness (QED) is 0.788. The first-order valence-electron chi connectivity index (χ1n) is 6.24. The fourth-order valence-electron chi connectivity index (χ4n) is 2.38. The van der Waals surface area contributed by atoms with Gasteiger partial charge in [-0.25, -0.2) is 9.78 Å². The van der Waals surface area contributed by atoms with E-state index in [9.17, 15) is 9.90 Å². The Morgan fingerprint density at radius 1 is 1.35 bits per heavy atom. The van der Waals surface area contributed by atoms with E-state index in [2.05, 4.69) is 10.1 Å². The molecule has 0 saturated carbocycles. The summed E-state index contributed by atoms with van der Waals surface area (Å²) in [6.07, 6.45) is 1.86. The summed E-state index contributed by atoms with van der Waals surface area (Å²) >= 11 is 0. The lowest BCUT2D eigenvalue weighted by Crippen LogP contribution is -2.07. The lowest BCUT2D eigenvalue weighted by Gasteiger charge is -2.06. The molecule has 1 aromatic carbocycles. The Morgan fingerprint density at radius 2 is 2.15 bits per heavy atom. The summed E-state index contributed by atoms with van der Waals surface area (Å²) in [4.78, 5) is 15.8. The number of carboxylic acids is 1. The van der Waals surface area contributed by atoms with Crippen LogP contribution in [0.1, 0.15) is 21.9 Å². The van der Waals surface area contributed by atoms with Crippen LogP contribution in [0.4, 0.5) is 0 Å². The van der Waals surface area contributed by atoms with E-state index in [-0.39, 0.29) is 5.56 Å². The molecule has 0 spiro atoms. The van der Waals surface area contributed by atoms with Crippen molar-refractivity contribution in [2.75, 3.05) is 0 Å². The van der Waals surface area contributed by atoms with Crippen LogP contribution >= 0.6 is 0 Å². The molecule has 1 N–H and O–H groups in total. The summed E-state index contributed by atoms with van der Waals surface area (Å²) in [5.41, 5.74) is 2.47. The van der Waals surface area contributed by atoms with Gasteiger partial charge in [0.05, 0.1) is 28.8 Å². The van der Waals surface area contributed by atoms with E-state index in [1.54, 1.807) is 16.8 Å². The summed E-state index contributed by atoms with van der Waals surface area (Å²) in [6, 6.07) is 7.04. The van der Waals surface area contributed by atoms with Crippen LogP contribution in [0.3, 0.4) is 0 Å². The van der Waals surface area contributed by atoms with Crippen LogP contribution in [0, 0.1) is 6.92 Å². The van der Waals surface area contributed by atoms with E-state index in [1.807, 2.05) is 36.9 Å². The molecular weight excluding hydrogens is 256 g/mol. The number of imidazole rings is 1. The van der Waals surface area contributed by atoms with Gasteiger partial charge in [0.2, 0.25) is 0 Å². The number of rotatable bonds is 3. The van der Waals surface area contributed by atoms with Crippen LogP contribution in [0.25, 0.3) is 11.0 Å². The summed E-state index contributed by atoms with van der Waals surface area (Å²) in [5.74, 6) is -0.169. The second-order valence-electron chi connectivity index (χ2n) is 4.70. The first-order valence-corrected chi connectivity index (χ1v) is 6.24. The molecule has 6 heteroatoms. The molecule has 0 aliphatic carbocycles. The maximum Gasteiger partial charge on any atom is 0.337 e. The Bertz CT molecular complexity index is 801. The zero-order chi connectivity index (χ0) is 14.3. The van der Waals surface area contributed by atoms with Gasteiger partial charge < -0.3 is 9.67 Å². The summed E-state index contributed by atoms with van der Waals surface area (Å²) in [6.45, 7) is 2.38. The van der Waals surface area contributed by atoms with Crippen LogP contribution < -0.4 is 0 Å². The van der Waals surface area contributed by atoms with E-state index in [1.165, 1.54) is 0 Å². The van der Waals surface area contributed by atoms with Gasteiger partial charge in [-0.05, 0) is 25.1 Å². The topological polar surface area (TPSA) is 72.9 Å². The van der Waals surface area contributed by atoms with Gasteiger partial charge in [-0.2, -0.15) is 5.10 Å². The number of nitrogens with zero attached hydrogens (tertiary/aromatic N) is 4. The standard InChI is InChI=1S/C14H14N4O2/c1-9-15-12-5-3-4-11(14(19)20)13(12)18(9)8-10-6-7-17(2)16-10/h3-7H,8H2,1-2H3,(H,19,20). The molecule has 0 aliphatic rings. The molecule has 0 aliphatic heterocycles. The summed E-state index contributed by atoms with van der Waals surface area (Å²) < 4.78 is 3.61. The lowest BCUT2D eigenvalue weighted by molar-refractivity contribution is 0.0698. The Kier molecular flexibility index (Phi) is 2.78. The molecule has 0 fully saturated rings. The van der Waals surface area contributed by atoms with E-state index in [0.717, 1.165) is 11.5 Å². The van der Waals surface area contributed by atoms with Crippen LogP contribution in [-0.4, -0.2) is 30.4 Å². The number of fused-ring (bicyclic) bond motifs is 1. The Labute approximate surface area is 115 Å². The van der Waals surface area contributed by atoms with E-state index in [4.69, 9.17) is 0 Å². The van der Waals surface area contributed by atoms with Crippen molar-refractivity contribution < 1.29 is 9.90 Å². The first-order chi connectivity index (χ1) is 9.56. The maximum atomic E-state index is 11.4. The smallest absolute Gasteiger partial charge is 0.337 e. The van der Waals surface area contributed by atoms with Gasteiger partial charge in [0.15, 0.2) is 0 Å². The molecule has 2 heterocycles. The molecule has 0 bridgehead atoms. The van der Waals surface area contributed by atoms with Crippen molar-refractivity contribution in [1.29, 1.82) is 0 Å². The molecule has 20 heavy (non-hydrogen) atoms. The molecule has 0 atom stereocenters. The number of aromatic carboxylic acids is 1. The predicted octanol–water partition coefficient (Wildman–Crippen LogP) is 1.82. The minimum Gasteiger partial charge on any atom is -0.478 e. The summed E-state index contributed by atoms with van der Waals surface area (Å²) in [7, 11) is 1.85. The zero-order valence-corrected chi connectivity index (χ0v) is 11.2. The Hall–Kier alpha value is -2.63. The molecule has 6 nitrogen and oxygen atoms in total. The normalized spacial score (nSPS) is 11.1. The van der Waals surface area contributed by atoms with Gasteiger partial charge in [-0.1, -0.05) is 6.07 Å². The molecule has 2 aromatic heterocycles. The van der Waals surface area contributed by atoms with Crippen molar-refractivity contribution in [2.45, 2.75) is 13.5 Å². The van der Waals surface area contributed by atoms with E-state index < -0.39 is 5.97 Å². The fraction of sp³-hybridized carbons (Fsp3) is 0.214. The SMILES string of the molecule is Cc1nc2cccc(C(=O)O)c2n1Cc1ccn(C)n1. The molecule has 0 saturated heterocycles. The Morgan fingerprint density at radius 3 is 2.80 bits per heavy atom. The molecule has 3 rings (SSSR count). The number of aryl methyl sites for hydroxylation is 2. The largest absolute Gasteiger partial charge is 0.478 e.